The van der Waals surface area contributed by atoms with Gasteiger partial charge in [0.15, 0.2) is 11.5 Å². The fourth-order valence-corrected chi connectivity index (χ4v) is 4.82. The minimum Gasteiger partial charge on any atom is -0.454 e. The van der Waals surface area contributed by atoms with Gasteiger partial charge in [-0.3, -0.25) is 14.0 Å². The molecular formula is C27H17N3O4. The van der Waals surface area contributed by atoms with E-state index in [-0.39, 0.29) is 18.3 Å². The second-order valence-corrected chi connectivity index (χ2v) is 8.33. The van der Waals surface area contributed by atoms with E-state index < -0.39 is 0 Å². The maximum Gasteiger partial charge on any atom is 0.270 e. The van der Waals surface area contributed by atoms with Crippen LogP contribution in [0.1, 0.15) is 16.1 Å². The predicted octanol–water partition coefficient (Wildman–Crippen LogP) is 4.25. The highest BCUT2D eigenvalue weighted by atomic mass is 16.7. The minimum atomic E-state index is -0.290. The first-order chi connectivity index (χ1) is 16.7. The number of carbonyl (C=O) groups excluding carboxylic acids is 1. The van der Waals surface area contributed by atoms with Gasteiger partial charge >= 0.3 is 0 Å². The van der Waals surface area contributed by atoms with E-state index in [1.165, 1.54) is 0 Å². The van der Waals surface area contributed by atoms with Gasteiger partial charge in [-0.05, 0) is 35.9 Å². The quantitative estimate of drug-likeness (QED) is 0.410. The Morgan fingerprint density at radius 1 is 0.882 bits per heavy atom. The fraction of sp³-hybridized carbons (Fsp3) is 0.0741. The number of aromatic nitrogens is 2. The number of fused-ring (bicyclic) bond motifs is 6. The number of hydrogen-bond acceptors (Lipinski definition) is 5. The van der Waals surface area contributed by atoms with Gasteiger partial charge in [0.1, 0.15) is 5.69 Å². The number of nitrogens with one attached hydrogen (secondary N) is 1. The standard InChI is InChI=1S/C27H17N3O4/c31-26(28-13-15-9-10-22-23(11-15)34-14-33-22)20-12-19-16-5-3-4-8-21(16)30-25(19)24(29-20)17-6-1-2-7-18(17)27(30)32/h1-12H,13-14H2,(H,28,31). The molecule has 0 unspecified atom stereocenters. The normalized spacial score (nSPS) is 12.8. The number of ether oxygens (including phenoxy) is 2. The van der Waals surface area contributed by atoms with Gasteiger partial charge in [0.25, 0.3) is 11.5 Å². The summed E-state index contributed by atoms with van der Waals surface area (Å²) < 4.78 is 12.5. The van der Waals surface area contributed by atoms with Crippen molar-refractivity contribution >= 4 is 44.0 Å². The van der Waals surface area contributed by atoms with E-state index in [4.69, 9.17) is 14.5 Å². The Kier molecular flexibility index (Phi) is 3.84. The predicted molar refractivity (Wildman–Crippen MR) is 129 cm³/mol. The van der Waals surface area contributed by atoms with Crippen LogP contribution in [-0.4, -0.2) is 22.1 Å². The Labute approximate surface area is 192 Å². The van der Waals surface area contributed by atoms with Crippen molar-refractivity contribution in [2.75, 3.05) is 6.79 Å². The molecule has 4 heterocycles. The molecule has 1 N–H and O–H groups in total. The number of para-hydroxylation sites is 1. The van der Waals surface area contributed by atoms with Crippen LogP contribution in [0.25, 0.3) is 38.1 Å². The van der Waals surface area contributed by atoms with E-state index in [0.717, 1.165) is 32.8 Å². The average Bonchev–Trinajstić information content (AvgIpc) is 3.48. The first-order valence-electron chi connectivity index (χ1n) is 10.9. The SMILES string of the molecule is O=C(NCc1ccc2c(c1)OCO2)c1cc2c3ccccc3n3c(=O)c4ccccc4c(n1)c23. The molecule has 6 aromatic rings. The van der Waals surface area contributed by atoms with E-state index in [9.17, 15) is 9.59 Å². The molecule has 0 fully saturated rings. The number of benzene rings is 3. The molecule has 0 atom stereocenters. The number of pyridine rings is 2. The first-order valence-corrected chi connectivity index (χ1v) is 10.9. The Bertz CT molecular complexity index is 1840. The largest absolute Gasteiger partial charge is 0.454 e. The summed E-state index contributed by atoms with van der Waals surface area (Å²) in [5.74, 6) is 1.08. The lowest BCUT2D eigenvalue weighted by Crippen LogP contribution is -2.24. The molecule has 7 nitrogen and oxygen atoms in total. The molecule has 7 rings (SSSR count). The molecule has 164 valence electrons. The Morgan fingerprint density at radius 2 is 1.65 bits per heavy atom. The number of hydrogen-bond donors (Lipinski definition) is 1. The van der Waals surface area contributed by atoms with Gasteiger partial charge in [-0.2, -0.15) is 0 Å². The summed E-state index contributed by atoms with van der Waals surface area (Å²) in [6.07, 6.45) is 0. The van der Waals surface area contributed by atoms with Gasteiger partial charge in [-0.1, -0.05) is 42.5 Å². The highest BCUT2D eigenvalue weighted by Crippen LogP contribution is 2.34. The summed E-state index contributed by atoms with van der Waals surface area (Å²) in [4.78, 5) is 31.3. The molecule has 7 heteroatoms. The highest BCUT2D eigenvalue weighted by Gasteiger charge is 2.21. The van der Waals surface area contributed by atoms with Crippen LogP contribution in [0.2, 0.25) is 0 Å². The molecule has 1 aliphatic rings. The molecule has 34 heavy (non-hydrogen) atoms. The Balaban J connectivity index is 1.39. The van der Waals surface area contributed by atoms with Crippen molar-refractivity contribution in [1.29, 1.82) is 0 Å². The zero-order valence-corrected chi connectivity index (χ0v) is 17.9. The third kappa shape index (κ3) is 2.61. The van der Waals surface area contributed by atoms with Crippen LogP contribution >= 0.6 is 0 Å². The van der Waals surface area contributed by atoms with Crippen LogP contribution in [0.3, 0.4) is 0 Å². The topological polar surface area (TPSA) is 81.9 Å². The van der Waals surface area contributed by atoms with Gasteiger partial charge in [0.05, 0.1) is 16.6 Å². The summed E-state index contributed by atoms with van der Waals surface area (Å²) in [6.45, 7) is 0.525. The second-order valence-electron chi connectivity index (χ2n) is 8.33. The lowest BCUT2D eigenvalue weighted by molar-refractivity contribution is 0.0946. The average molecular weight is 447 g/mol. The first kappa shape index (κ1) is 18.9. The monoisotopic (exact) mass is 447 g/mol. The minimum absolute atomic E-state index is 0.0869. The van der Waals surface area contributed by atoms with Crippen LogP contribution in [0.5, 0.6) is 11.5 Å². The van der Waals surface area contributed by atoms with Gasteiger partial charge < -0.3 is 14.8 Å². The maximum atomic E-state index is 13.4. The Morgan fingerprint density at radius 3 is 2.53 bits per heavy atom. The van der Waals surface area contributed by atoms with E-state index in [2.05, 4.69) is 5.32 Å². The van der Waals surface area contributed by atoms with E-state index in [1.54, 1.807) is 16.5 Å². The van der Waals surface area contributed by atoms with Crippen LogP contribution in [-0.2, 0) is 6.54 Å². The van der Waals surface area contributed by atoms with Crippen molar-refractivity contribution in [3.63, 3.8) is 0 Å². The molecule has 0 saturated heterocycles. The van der Waals surface area contributed by atoms with Crippen molar-refractivity contribution in [3.8, 4) is 11.5 Å². The van der Waals surface area contributed by atoms with Crippen LogP contribution < -0.4 is 20.3 Å². The third-order valence-electron chi connectivity index (χ3n) is 6.39. The summed E-state index contributed by atoms with van der Waals surface area (Å²) in [7, 11) is 0. The molecule has 0 aliphatic carbocycles. The molecule has 1 aliphatic heterocycles. The maximum absolute atomic E-state index is 13.4. The van der Waals surface area contributed by atoms with Crippen molar-refractivity contribution in [1.82, 2.24) is 14.7 Å². The van der Waals surface area contributed by atoms with E-state index in [1.807, 2.05) is 60.7 Å². The van der Waals surface area contributed by atoms with Crippen LogP contribution in [0, 0.1) is 0 Å². The molecule has 0 spiro atoms. The van der Waals surface area contributed by atoms with E-state index >= 15 is 0 Å². The fourth-order valence-electron chi connectivity index (χ4n) is 4.82. The summed E-state index contributed by atoms with van der Waals surface area (Å²) in [6, 6.07) is 22.5. The van der Waals surface area contributed by atoms with Gasteiger partial charge in [0.2, 0.25) is 6.79 Å². The molecule has 3 aromatic heterocycles. The van der Waals surface area contributed by atoms with Gasteiger partial charge in [0, 0.05) is 28.1 Å². The molecule has 0 radical (unpaired) electrons. The van der Waals surface area contributed by atoms with Crippen LogP contribution in [0.4, 0.5) is 0 Å². The lowest BCUT2D eigenvalue weighted by atomic mass is 10.1. The van der Waals surface area contributed by atoms with Crippen molar-refractivity contribution in [2.45, 2.75) is 6.54 Å². The highest BCUT2D eigenvalue weighted by molar-refractivity contribution is 6.20. The van der Waals surface area contributed by atoms with Gasteiger partial charge in [-0.25, -0.2) is 4.98 Å². The van der Waals surface area contributed by atoms with Crippen molar-refractivity contribution < 1.29 is 14.3 Å². The zero-order chi connectivity index (χ0) is 22.8. The zero-order valence-electron chi connectivity index (χ0n) is 17.9. The number of carbonyl (C=O) groups is 1. The summed E-state index contributed by atoms with van der Waals surface area (Å²) in [5.41, 5.74) is 3.28. The molecule has 0 bridgehead atoms. The number of amides is 1. The molecule has 1 amide bonds. The van der Waals surface area contributed by atoms with Crippen molar-refractivity contribution in [3.05, 3.63) is 94.4 Å². The molecule has 3 aromatic carbocycles. The Hall–Kier alpha value is -4.65. The lowest BCUT2D eigenvalue weighted by Gasteiger charge is -2.09. The number of nitrogens with zero attached hydrogens (tertiary/aromatic N) is 2. The summed E-state index contributed by atoms with van der Waals surface area (Å²) >= 11 is 0. The van der Waals surface area contributed by atoms with E-state index in [0.29, 0.717) is 34.6 Å². The smallest absolute Gasteiger partial charge is 0.270 e. The molecule has 0 saturated carbocycles. The van der Waals surface area contributed by atoms with Crippen molar-refractivity contribution in [2.24, 2.45) is 0 Å². The number of rotatable bonds is 3. The second kappa shape index (κ2) is 6.92. The third-order valence-corrected chi connectivity index (χ3v) is 6.39. The summed E-state index contributed by atoms with van der Waals surface area (Å²) in [5, 5.41) is 6.00. The molecular weight excluding hydrogens is 430 g/mol. The van der Waals surface area contributed by atoms with Gasteiger partial charge in [-0.15, -0.1) is 0 Å². The van der Waals surface area contributed by atoms with Crippen LogP contribution in [0.15, 0.2) is 77.6 Å².